The molecule has 1 aromatic heterocycles. The maximum atomic E-state index is 12.4. The molecular weight excluding hydrogens is 388 g/mol. The first-order valence-electron chi connectivity index (χ1n) is 10.5. The van der Waals surface area contributed by atoms with Crippen LogP contribution in [-0.2, 0) is 17.6 Å². The number of anilines is 1. The average Bonchev–Trinajstić information content (AvgIpc) is 2.97. The summed E-state index contributed by atoms with van der Waals surface area (Å²) < 4.78 is 5.07. The molecule has 2 N–H and O–H groups in total. The molecule has 6 heteroatoms. The van der Waals surface area contributed by atoms with Crippen LogP contribution in [0.15, 0.2) is 0 Å². The number of carbonyl (C=O) groups excluding carboxylic acids is 1. The van der Waals surface area contributed by atoms with Crippen molar-refractivity contribution in [2.45, 2.75) is 78.7 Å². The first kappa shape index (κ1) is 21.6. The minimum Gasteiger partial charge on any atom is -0.465 e. The molecule has 0 aromatic carbocycles. The largest absolute Gasteiger partial charge is 0.465 e. The average molecular weight is 423 g/mol. The van der Waals surface area contributed by atoms with Crippen molar-refractivity contribution in [2.75, 3.05) is 12.4 Å². The SMILES string of the molecule is COC(=O)c1c(NC(=S)NC2CCC(C(C)(C)C)CC2)sc2c1CCC(C)C2. The number of nitrogens with one attached hydrogen (secondary N) is 2. The number of methoxy groups -OCH3 is 1. The van der Waals surface area contributed by atoms with Gasteiger partial charge in [0.05, 0.1) is 12.7 Å². The van der Waals surface area contributed by atoms with Crippen LogP contribution in [0.4, 0.5) is 5.00 Å². The lowest BCUT2D eigenvalue weighted by atomic mass is 9.71. The Labute approximate surface area is 178 Å². The number of esters is 1. The Morgan fingerprint density at radius 1 is 1.18 bits per heavy atom. The molecule has 0 aliphatic heterocycles. The van der Waals surface area contributed by atoms with Crippen molar-refractivity contribution in [1.29, 1.82) is 0 Å². The van der Waals surface area contributed by atoms with E-state index in [-0.39, 0.29) is 5.97 Å². The molecule has 0 bridgehead atoms. The highest BCUT2D eigenvalue weighted by molar-refractivity contribution is 7.80. The van der Waals surface area contributed by atoms with E-state index in [1.807, 2.05) is 0 Å². The summed E-state index contributed by atoms with van der Waals surface area (Å²) in [5.74, 6) is 1.18. The van der Waals surface area contributed by atoms with Crippen molar-refractivity contribution in [3.63, 3.8) is 0 Å². The zero-order chi connectivity index (χ0) is 20.5. The maximum Gasteiger partial charge on any atom is 0.341 e. The fourth-order valence-electron chi connectivity index (χ4n) is 4.59. The highest BCUT2D eigenvalue weighted by Crippen LogP contribution is 2.40. The second-order valence-corrected chi connectivity index (χ2v) is 11.1. The third-order valence-corrected chi connectivity index (χ3v) is 7.81. The van der Waals surface area contributed by atoms with E-state index in [4.69, 9.17) is 17.0 Å². The van der Waals surface area contributed by atoms with Crippen LogP contribution >= 0.6 is 23.6 Å². The Morgan fingerprint density at radius 2 is 1.86 bits per heavy atom. The molecule has 156 valence electrons. The number of carbonyl (C=O) groups is 1. The van der Waals surface area contributed by atoms with E-state index in [1.165, 1.54) is 24.8 Å². The summed E-state index contributed by atoms with van der Waals surface area (Å²) in [6, 6.07) is 0.412. The molecule has 4 nitrogen and oxygen atoms in total. The highest BCUT2D eigenvalue weighted by atomic mass is 32.1. The van der Waals surface area contributed by atoms with Crippen molar-refractivity contribution < 1.29 is 9.53 Å². The molecule has 2 aliphatic rings. The highest BCUT2D eigenvalue weighted by Gasteiger charge is 2.31. The van der Waals surface area contributed by atoms with E-state index in [2.05, 4.69) is 38.3 Å². The fourth-order valence-corrected chi connectivity index (χ4v) is 6.32. The molecule has 1 fully saturated rings. The summed E-state index contributed by atoms with van der Waals surface area (Å²) in [6.45, 7) is 9.29. The Hall–Kier alpha value is -1.14. The minimum atomic E-state index is -0.261. The lowest BCUT2D eigenvalue weighted by Crippen LogP contribution is -2.41. The van der Waals surface area contributed by atoms with E-state index < -0.39 is 0 Å². The first-order chi connectivity index (χ1) is 13.2. The van der Waals surface area contributed by atoms with Crippen LogP contribution in [0.1, 0.15) is 80.6 Å². The lowest BCUT2D eigenvalue weighted by molar-refractivity contribution is 0.0601. The first-order valence-corrected chi connectivity index (χ1v) is 11.7. The molecule has 1 saturated carbocycles. The van der Waals surface area contributed by atoms with Crippen LogP contribution < -0.4 is 10.6 Å². The van der Waals surface area contributed by atoms with Gasteiger partial charge in [0, 0.05) is 10.9 Å². The van der Waals surface area contributed by atoms with E-state index in [0.717, 1.165) is 48.6 Å². The number of ether oxygens (including phenoxy) is 1. The molecule has 1 atom stereocenters. The van der Waals surface area contributed by atoms with Crippen LogP contribution in [0.3, 0.4) is 0 Å². The summed E-state index contributed by atoms with van der Waals surface area (Å²) in [5.41, 5.74) is 2.23. The van der Waals surface area contributed by atoms with Crippen LogP contribution in [0, 0.1) is 17.3 Å². The smallest absolute Gasteiger partial charge is 0.341 e. The topological polar surface area (TPSA) is 50.4 Å². The van der Waals surface area contributed by atoms with E-state index >= 15 is 0 Å². The van der Waals surface area contributed by atoms with Gasteiger partial charge in [0.1, 0.15) is 5.00 Å². The zero-order valence-electron chi connectivity index (χ0n) is 17.8. The van der Waals surface area contributed by atoms with Gasteiger partial charge in [-0.2, -0.15) is 0 Å². The number of thiocarbonyl (C=S) groups is 1. The molecule has 0 radical (unpaired) electrons. The molecule has 3 rings (SSSR count). The van der Waals surface area contributed by atoms with Crippen LogP contribution in [0.25, 0.3) is 0 Å². The second-order valence-electron chi connectivity index (χ2n) is 9.56. The number of hydrogen-bond acceptors (Lipinski definition) is 4. The van der Waals surface area contributed by atoms with Gasteiger partial charge in [-0.3, -0.25) is 0 Å². The van der Waals surface area contributed by atoms with Crippen molar-refractivity contribution in [3.05, 3.63) is 16.0 Å². The Morgan fingerprint density at radius 3 is 2.46 bits per heavy atom. The van der Waals surface area contributed by atoms with Crippen molar-refractivity contribution in [1.82, 2.24) is 5.32 Å². The fraction of sp³-hybridized carbons (Fsp3) is 0.727. The van der Waals surface area contributed by atoms with Crippen LogP contribution in [0.5, 0.6) is 0 Å². The molecule has 2 aliphatic carbocycles. The predicted molar refractivity (Wildman–Crippen MR) is 121 cm³/mol. The molecule has 0 spiro atoms. The Balaban J connectivity index is 1.65. The molecule has 1 heterocycles. The summed E-state index contributed by atoms with van der Waals surface area (Å²) in [5, 5.41) is 8.27. The quantitative estimate of drug-likeness (QED) is 0.494. The van der Waals surface area contributed by atoms with E-state index in [1.54, 1.807) is 11.3 Å². The van der Waals surface area contributed by atoms with Gasteiger partial charge >= 0.3 is 5.97 Å². The van der Waals surface area contributed by atoms with Crippen molar-refractivity contribution >= 4 is 39.6 Å². The zero-order valence-corrected chi connectivity index (χ0v) is 19.4. The normalized spacial score (nSPS) is 25.0. The predicted octanol–water partition coefficient (Wildman–Crippen LogP) is 5.55. The summed E-state index contributed by atoms with van der Waals surface area (Å²) >= 11 is 7.26. The Kier molecular flexibility index (Phi) is 6.70. The lowest BCUT2D eigenvalue weighted by Gasteiger charge is -2.37. The van der Waals surface area contributed by atoms with Gasteiger partial charge in [-0.1, -0.05) is 27.7 Å². The summed E-state index contributed by atoms with van der Waals surface area (Å²) in [7, 11) is 1.45. The van der Waals surface area contributed by atoms with Gasteiger partial charge in [0.25, 0.3) is 0 Å². The number of rotatable bonds is 3. The molecule has 1 unspecified atom stereocenters. The van der Waals surface area contributed by atoms with Gasteiger partial charge < -0.3 is 15.4 Å². The molecular formula is C22H34N2O2S2. The van der Waals surface area contributed by atoms with Gasteiger partial charge in [-0.15, -0.1) is 11.3 Å². The Bertz CT molecular complexity index is 728. The molecule has 1 aromatic rings. The number of thiophene rings is 1. The minimum absolute atomic E-state index is 0.261. The molecule has 0 saturated heterocycles. The summed E-state index contributed by atoms with van der Waals surface area (Å²) in [4.78, 5) is 13.7. The van der Waals surface area contributed by atoms with E-state index in [9.17, 15) is 4.79 Å². The third-order valence-electron chi connectivity index (χ3n) is 6.42. The standard InChI is InChI=1S/C22H34N2O2S2/c1-13-6-11-16-17(12-13)28-19(18(16)20(25)26-5)24-21(27)23-15-9-7-14(8-10-15)22(2,3)4/h13-15H,6-12H2,1-5H3,(H2,23,24,27). The monoisotopic (exact) mass is 422 g/mol. The van der Waals surface area contributed by atoms with Gasteiger partial charge in [0.2, 0.25) is 0 Å². The van der Waals surface area contributed by atoms with Gasteiger partial charge in [-0.05, 0) is 80.0 Å². The molecule has 28 heavy (non-hydrogen) atoms. The second kappa shape index (κ2) is 8.70. The molecule has 0 amide bonds. The summed E-state index contributed by atoms with van der Waals surface area (Å²) in [6.07, 6.45) is 7.86. The van der Waals surface area contributed by atoms with E-state index in [0.29, 0.717) is 28.1 Å². The maximum absolute atomic E-state index is 12.4. The van der Waals surface area contributed by atoms with Crippen molar-refractivity contribution in [2.24, 2.45) is 17.3 Å². The van der Waals surface area contributed by atoms with Crippen LogP contribution in [0.2, 0.25) is 0 Å². The van der Waals surface area contributed by atoms with Crippen LogP contribution in [-0.4, -0.2) is 24.2 Å². The van der Waals surface area contributed by atoms with Crippen molar-refractivity contribution in [3.8, 4) is 0 Å². The van der Waals surface area contributed by atoms with Gasteiger partial charge in [-0.25, -0.2) is 4.79 Å². The number of hydrogen-bond donors (Lipinski definition) is 2. The van der Waals surface area contributed by atoms with Gasteiger partial charge in [0.15, 0.2) is 5.11 Å². The third kappa shape index (κ3) is 4.88. The number of fused-ring (bicyclic) bond motifs is 1.